The Kier molecular flexibility index (Phi) is 6.62. The average Bonchev–Trinajstić information content (AvgIpc) is 3.59. The van der Waals surface area contributed by atoms with Gasteiger partial charge in [-0.25, -0.2) is 0 Å². The Morgan fingerprint density at radius 3 is 1.60 bits per heavy atom. The Morgan fingerprint density at radius 1 is 0.434 bits per heavy atom. The Hall–Kier alpha value is -6.97. The molecule has 0 aliphatic carbocycles. The van der Waals surface area contributed by atoms with E-state index in [0.717, 1.165) is 33.8 Å². The summed E-state index contributed by atoms with van der Waals surface area (Å²) in [7, 11) is 0. The fourth-order valence-electron chi connectivity index (χ4n) is 8.38. The Balaban J connectivity index is 1.10. The number of aromatic nitrogens is 1. The van der Waals surface area contributed by atoms with Crippen LogP contribution in [0, 0.1) is 0 Å². The molecule has 0 saturated carbocycles. The van der Waals surface area contributed by atoms with Gasteiger partial charge in [0.15, 0.2) is 0 Å². The van der Waals surface area contributed by atoms with Crippen molar-refractivity contribution in [2.75, 3.05) is 0 Å². The van der Waals surface area contributed by atoms with E-state index in [9.17, 15) is 0 Å². The molecule has 0 radical (unpaired) electrons. The van der Waals surface area contributed by atoms with Gasteiger partial charge in [0.25, 0.3) is 0 Å². The van der Waals surface area contributed by atoms with Crippen molar-refractivity contribution in [3.63, 3.8) is 0 Å². The van der Waals surface area contributed by atoms with Gasteiger partial charge in [-0.2, -0.15) is 0 Å². The topological polar surface area (TPSA) is 29.3 Å². The van der Waals surface area contributed by atoms with Crippen LogP contribution in [0.3, 0.4) is 0 Å². The van der Waals surface area contributed by atoms with Crippen molar-refractivity contribution in [1.29, 1.82) is 0 Å². The summed E-state index contributed by atoms with van der Waals surface area (Å²) in [4.78, 5) is 5.42. The Labute approximate surface area is 306 Å². The molecule has 1 unspecified atom stereocenters. The summed E-state index contributed by atoms with van der Waals surface area (Å²) in [6.07, 6.45) is 1.91. The summed E-state index contributed by atoms with van der Waals surface area (Å²) in [6.45, 7) is 0. The minimum absolute atomic E-state index is 0.294. The van der Waals surface area contributed by atoms with Crippen LogP contribution >= 0.6 is 0 Å². The molecule has 53 heavy (non-hydrogen) atoms. The lowest BCUT2D eigenvalue weighted by Crippen LogP contribution is -2.25. The lowest BCUT2D eigenvalue weighted by atomic mass is 9.98. The van der Waals surface area contributed by atoms with Crippen molar-refractivity contribution in [1.82, 2.24) is 9.88 Å². The van der Waals surface area contributed by atoms with Crippen molar-refractivity contribution < 1.29 is 0 Å². The number of nitrogens with one attached hydrogen (secondary N) is 1. The highest BCUT2D eigenvalue weighted by Crippen LogP contribution is 2.41. The Morgan fingerprint density at radius 2 is 0.962 bits per heavy atom. The molecule has 0 spiro atoms. The highest BCUT2D eigenvalue weighted by atomic mass is 15.1. The van der Waals surface area contributed by atoms with E-state index in [0.29, 0.717) is 0 Å². The van der Waals surface area contributed by atoms with E-state index in [1.807, 2.05) is 0 Å². The molecule has 9 aromatic carbocycles. The maximum absolute atomic E-state index is 5.42. The second-order valence-corrected chi connectivity index (χ2v) is 14.0. The molecule has 1 atom stereocenters. The van der Waals surface area contributed by atoms with Gasteiger partial charge in [-0.15, -0.1) is 0 Å². The van der Waals surface area contributed by atoms with Crippen LogP contribution in [0.15, 0.2) is 193 Å². The normalized spacial score (nSPS) is 14.6. The van der Waals surface area contributed by atoms with Gasteiger partial charge in [-0.05, 0) is 96.7 Å². The van der Waals surface area contributed by atoms with Gasteiger partial charge in [0.05, 0.1) is 16.7 Å². The molecule has 3 heteroatoms. The molecular weight excluding hydrogens is 643 g/mol. The van der Waals surface area contributed by atoms with Crippen molar-refractivity contribution in [2.24, 2.45) is 4.99 Å². The van der Waals surface area contributed by atoms with Gasteiger partial charge in [-0.1, -0.05) is 146 Å². The lowest BCUT2D eigenvalue weighted by Gasteiger charge is -2.25. The van der Waals surface area contributed by atoms with Crippen LogP contribution in [-0.2, 0) is 0 Å². The molecular formula is C50H33N3. The standard InChI is InChI=1S/C50H33N3/c1-3-14-36-28-38(22-20-32(36)10-1)44-31-45(39-23-21-33-11-2-4-15-37(33)29-39)52-50(51-44)40-16-9-17-41(30-40)53-46-26-24-34-12-5-7-18-42(34)48(46)49-43-19-8-6-13-35(43)25-27-47(49)53/h1-31,50-51H. The summed E-state index contributed by atoms with van der Waals surface area (Å²) >= 11 is 0. The first-order chi connectivity index (χ1) is 26.2. The second-order valence-electron chi connectivity index (χ2n) is 14.0. The van der Waals surface area contributed by atoms with Crippen LogP contribution in [0.5, 0.6) is 0 Å². The molecule has 10 aromatic rings. The lowest BCUT2D eigenvalue weighted by molar-refractivity contribution is 0.663. The number of rotatable bonds is 4. The monoisotopic (exact) mass is 675 g/mol. The zero-order valence-corrected chi connectivity index (χ0v) is 28.9. The fourth-order valence-corrected chi connectivity index (χ4v) is 8.38. The number of benzene rings is 9. The van der Waals surface area contributed by atoms with Crippen LogP contribution in [0.25, 0.3) is 76.3 Å². The van der Waals surface area contributed by atoms with E-state index in [2.05, 4.69) is 198 Å². The minimum Gasteiger partial charge on any atom is -0.360 e. The third kappa shape index (κ3) is 4.86. The zero-order valence-electron chi connectivity index (χ0n) is 28.9. The van der Waals surface area contributed by atoms with Crippen LogP contribution < -0.4 is 5.32 Å². The highest BCUT2D eigenvalue weighted by molar-refractivity contribution is 6.28. The number of hydrogen-bond acceptors (Lipinski definition) is 2. The van der Waals surface area contributed by atoms with Gasteiger partial charge in [0.1, 0.15) is 6.17 Å². The molecule has 0 fully saturated rings. The smallest absolute Gasteiger partial charge is 0.145 e. The van der Waals surface area contributed by atoms with E-state index in [-0.39, 0.29) is 6.17 Å². The first-order valence-electron chi connectivity index (χ1n) is 18.2. The molecule has 1 N–H and O–H groups in total. The molecule has 3 nitrogen and oxygen atoms in total. The average molecular weight is 676 g/mol. The molecule has 2 heterocycles. The zero-order chi connectivity index (χ0) is 34.9. The fraction of sp³-hybridized carbons (Fsp3) is 0.0200. The third-order valence-corrected chi connectivity index (χ3v) is 10.9. The molecule has 11 rings (SSSR count). The van der Waals surface area contributed by atoms with Gasteiger partial charge in [0.2, 0.25) is 0 Å². The summed E-state index contributed by atoms with van der Waals surface area (Å²) in [5.41, 5.74) is 8.86. The molecule has 1 aliphatic rings. The van der Waals surface area contributed by atoms with Gasteiger partial charge < -0.3 is 9.88 Å². The highest BCUT2D eigenvalue weighted by Gasteiger charge is 2.22. The van der Waals surface area contributed by atoms with E-state index >= 15 is 0 Å². The molecule has 248 valence electrons. The molecule has 0 saturated heterocycles. The maximum atomic E-state index is 5.42. The predicted octanol–water partition coefficient (Wildman–Crippen LogP) is 12.5. The van der Waals surface area contributed by atoms with Crippen molar-refractivity contribution in [3.05, 3.63) is 205 Å². The summed E-state index contributed by atoms with van der Waals surface area (Å²) in [5.74, 6) is 0. The van der Waals surface area contributed by atoms with E-state index in [1.165, 1.54) is 64.9 Å². The summed E-state index contributed by atoms with van der Waals surface area (Å²) < 4.78 is 2.43. The maximum Gasteiger partial charge on any atom is 0.145 e. The molecule has 1 aliphatic heterocycles. The largest absolute Gasteiger partial charge is 0.360 e. The van der Waals surface area contributed by atoms with Crippen molar-refractivity contribution in [2.45, 2.75) is 6.17 Å². The first-order valence-corrected chi connectivity index (χ1v) is 18.2. The number of fused-ring (bicyclic) bond motifs is 9. The third-order valence-electron chi connectivity index (χ3n) is 10.9. The SMILES string of the molecule is C1=C(c2ccc3ccccc3c2)NC(c2cccc(-n3c4ccc5ccccc5c4c4c5ccccc5ccc43)c2)N=C1c1ccc2ccccc2c1. The first kappa shape index (κ1) is 29.7. The van der Waals surface area contributed by atoms with Gasteiger partial charge >= 0.3 is 0 Å². The summed E-state index contributed by atoms with van der Waals surface area (Å²) in [6, 6.07) is 65.9. The van der Waals surface area contributed by atoms with Crippen LogP contribution in [0.1, 0.15) is 22.9 Å². The van der Waals surface area contributed by atoms with E-state index < -0.39 is 0 Å². The molecule has 0 bridgehead atoms. The quantitative estimate of drug-likeness (QED) is 0.198. The number of hydrogen-bond donors (Lipinski definition) is 1. The molecule has 1 aromatic heterocycles. The van der Waals surface area contributed by atoms with E-state index in [4.69, 9.17) is 4.99 Å². The second kappa shape index (κ2) is 11.8. The van der Waals surface area contributed by atoms with Crippen LogP contribution in [0.2, 0.25) is 0 Å². The van der Waals surface area contributed by atoms with Crippen molar-refractivity contribution in [3.8, 4) is 5.69 Å². The van der Waals surface area contributed by atoms with Gasteiger partial charge in [-0.3, -0.25) is 4.99 Å². The molecule has 0 amide bonds. The van der Waals surface area contributed by atoms with Gasteiger partial charge in [0, 0.05) is 27.7 Å². The number of allylic oxidation sites excluding steroid dienone is 1. The van der Waals surface area contributed by atoms with Crippen LogP contribution in [0.4, 0.5) is 0 Å². The number of aliphatic imine (C=N–C) groups is 1. The number of nitrogens with zero attached hydrogens (tertiary/aromatic N) is 2. The summed E-state index contributed by atoms with van der Waals surface area (Å²) in [5, 5.41) is 16.3. The van der Waals surface area contributed by atoms with Crippen LogP contribution in [-0.4, -0.2) is 10.3 Å². The van der Waals surface area contributed by atoms with E-state index in [1.54, 1.807) is 0 Å². The minimum atomic E-state index is -0.294. The van der Waals surface area contributed by atoms with Crippen molar-refractivity contribution >= 4 is 76.3 Å². The Bertz CT molecular complexity index is 3070. The predicted molar refractivity (Wildman–Crippen MR) is 224 cm³/mol.